The SMILES string of the molecule is COc1cc(C2C3=CCC4C(=O)N(c5ccc(Nc6ccccc6)cc5)C(=O)C4C3CC3(Cl)C(=O)N(c4ccc(F)cc4)C(=O)C23Cl)cc(Br)c1O. The number of aromatic hydroxyl groups is 1. The lowest BCUT2D eigenvalue weighted by Gasteiger charge is -2.50. The van der Waals surface area contributed by atoms with E-state index in [1.165, 1.54) is 30.2 Å². The Morgan fingerprint density at radius 3 is 2.15 bits per heavy atom. The van der Waals surface area contributed by atoms with Gasteiger partial charge >= 0.3 is 0 Å². The highest BCUT2D eigenvalue weighted by atomic mass is 79.9. The first-order chi connectivity index (χ1) is 24.9. The van der Waals surface area contributed by atoms with Crippen molar-refractivity contribution in [2.45, 2.75) is 28.5 Å². The van der Waals surface area contributed by atoms with Gasteiger partial charge < -0.3 is 15.2 Å². The summed E-state index contributed by atoms with van der Waals surface area (Å²) in [4.78, 5) is 55.4. The largest absolute Gasteiger partial charge is 0.503 e. The Morgan fingerprint density at radius 1 is 0.846 bits per heavy atom. The summed E-state index contributed by atoms with van der Waals surface area (Å²) in [6.45, 7) is 0. The number of hydrogen-bond acceptors (Lipinski definition) is 7. The summed E-state index contributed by atoms with van der Waals surface area (Å²) in [6.07, 6.45) is 1.77. The Hall–Kier alpha value is -4.71. The summed E-state index contributed by atoms with van der Waals surface area (Å²) in [6, 6.07) is 24.4. The highest BCUT2D eigenvalue weighted by Gasteiger charge is 2.76. The number of amides is 4. The van der Waals surface area contributed by atoms with Crippen LogP contribution in [-0.2, 0) is 19.2 Å². The lowest BCUT2D eigenvalue weighted by molar-refractivity contribution is -0.125. The number of carbonyl (C=O) groups is 4. The first-order valence-corrected chi connectivity index (χ1v) is 18.0. The van der Waals surface area contributed by atoms with Crippen LogP contribution in [-0.4, -0.2) is 45.6 Å². The molecule has 2 aliphatic carbocycles. The highest BCUT2D eigenvalue weighted by Crippen LogP contribution is 2.66. The summed E-state index contributed by atoms with van der Waals surface area (Å²) in [5.74, 6) is -6.75. The molecule has 52 heavy (non-hydrogen) atoms. The summed E-state index contributed by atoms with van der Waals surface area (Å²) in [5, 5.41) is 14.0. The van der Waals surface area contributed by atoms with Gasteiger partial charge in [-0.1, -0.05) is 29.8 Å². The molecule has 4 aromatic rings. The van der Waals surface area contributed by atoms with Crippen LogP contribution in [0, 0.1) is 23.6 Å². The Bertz CT molecular complexity index is 2200. The number of para-hydroxylation sites is 1. The van der Waals surface area contributed by atoms with Crippen molar-refractivity contribution in [2.24, 2.45) is 17.8 Å². The predicted octanol–water partition coefficient (Wildman–Crippen LogP) is 7.81. The van der Waals surface area contributed by atoms with Gasteiger partial charge in [0.05, 0.1) is 34.8 Å². The van der Waals surface area contributed by atoms with Crippen LogP contribution in [0.5, 0.6) is 11.5 Å². The molecule has 2 saturated heterocycles. The number of benzene rings is 4. The van der Waals surface area contributed by atoms with Crippen molar-refractivity contribution in [3.05, 3.63) is 118 Å². The highest BCUT2D eigenvalue weighted by molar-refractivity contribution is 9.10. The Balaban J connectivity index is 1.22. The lowest BCUT2D eigenvalue weighted by atomic mass is 9.56. The van der Waals surface area contributed by atoms with E-state index in [1.54, 1.807) is 30.3 Å². The molecule has 2 N–H and O–H groups in total. The van der Waals surface area contributed by atoms with Crippen LogP contribution >= 0.6 is 39.1 Å². The summed E-state index contributed by atoms with van der Waals surface area (Å²) in [5.41, 5.74) is 3.06. The molecule has 13 heteroatoms. The molecule has 8 rings (SSSR count). The van der Waals surface area contributed by atoms with Crippen LogP contribution in [0.4, 0.5) is 27.1 Å². The monoisotopic (exact) mass is 803 g/mol. The number of hydrogen-bond donors (Lipinski definition) is 2. The molecule has 0 spiro atoms. The second-order valence-electron chi connectivity index (χ2n) is 13.4. The molecule has 1 saturated carbocycles. The third-order valence-corrected chi connectivity index (χ3v) is 12.7. The molecule has 2 heterocycles. The standard InChI is InChI=1S/C39H29BrCl2FN3O6/c1-52-30-18-20(17-29(40)33(30)47)32-26-15-16-27-31(35(49)45(34(27)48)24-13-9-23(10-14-24)44-22-5-3-2-4-6-22)28(26)19-38(41)36(50)46(37(51)39(32,38)42)25-11-7-21(43)8-12-25/h2-15,17-18,27-28,31-32,44,47H,16,19H2,1H3. The smallest absolute Gasteiger partial charge is 0.258 e. The molecule has 264 valence electrons. The number of methoxy groups -OCH3 is 1. The van der Waals surface area contributed by atoms with Gasteiger partial charge in [-0.3, -0.25) is 24.1 Å². The number of phenolic OH excluding ortho intramolecular Hbond substituents is 1. The molecule has 3 fully saturated rings. The van der Waals surface area contributed by atoms with Crippen LogP contribution < -0.4 is 19.9 Å². The summed E-state index contributed by atoms with van der Waals surface area (Å²) < 4.78 is 19.6. The number of alkyl halides is 2. The number of ether oxygens (including phenoxy) is 1. The molecule has 0 radical (unpaired) electrons. The number of allylic oxidation sites excluding steroid dienone is 2. The summed E-state index contributed by atoms with van der Waals surface area (Å²) in [7, 11) is 1.36. The van der Waals surface area contributed by atoms with Crippen LogP contribution in [0.25, 0.3) is 0 Å². The zero-order valence-corrected chi connectivity index (χ0v) is 30.5. The zero-order valence-electron chi connectivity index (χ0n) is 27.4. The second kappa shape index (κ2) is 12.5. The lowest BCUT2D eigenvalue weighted by Crippen LogP contribution is -2.60. The maximum absolute atomic E-state index is 14.6. The van der Waals surface area contributed by atoms with Crippen molar-refractivity contribution in [3.8, 4) is 11.5 Å². The van der Waals surface area contributed by atoms with E-state index in [1.807, 2.05) is 36.4 Å². The first kappa shape index (κ1) is 34.4. The number of anilines is 4. The molecule has 4 aliphatic rings. The van der Waals surface area contributed by atoms with E-state index in [0.717, 1.165) is 28.4 Å². The fourth-order valence-electron chi connectivity index (χ4n) is 8.33. The van der Waals surface area contributed by atoms with Gasteiger partial charge in [-0.15, -0.1) is 23.2 Å². The zero-order chi connectivity index (χ0) is 36.7. The average Bonchev–Trinajstić information content (AvgIpc) is 3.48. The number of fused-ring (bicyclic) bond motifs is 4. The minimum absolute atomic E-state index is 0.0666. The number of nitrogens with zero attached hydrogens (tertiary/aromatic N) is 2. The molecule has 6 atom stereocenters. The third kappa shape index (κ3) is 4.93. The quantitative estimate of drug-likeness (QED) is 0.116. The fourth-order valence-corrected chi connectivity index (χ4v) is 9.72. The number of rotatable bonds is 6. The van der Waals surface area contributed by atoms with E-state index in [0.29, 0.717) is 16.8 Å². The molecular formula is C39H29BrCl2FN3O6. The van der Waals surface area contributed by atoms with Gasteiger partial charge in [0.15, 0.2) is 21.2 Å². The van der Waals surface area contributed by atoms with Gasteiger partial charge in [-0.2, -0.15) is 0 Å². The van der Waals surface area contributed by atoms with E-state index < -0.39 is 57.0 Å². The molecule has 9 nitrogen and oxygen atoms in total. The minimum atomic E-state index is -2.14. The predicted molar refractivity (Wildman–Crippen MR) is 198 cm³/mol. The average molecular weight is 805 g/mol. The molecule has 0 aromatic heterocycles. The molecular weight excluding hydrogens is 776 g/mol. The van der Waals surface area contributed by atoms with Gasteiger partial charge in [0.2, 0.25) is 11.8 Å². The first-order valence-electron chi connectivity index (χ1n) is 16.5. The van der Waals surface area contributed by atoms with E-state index in [9.17, 15) is 28.7 Å². The van der Waals surface area contributed by atoms with Gasteiger partial charge in [-0.05, 0) is 113 Å². The van der Waals surface area contributed by atoms with Crippen LogP contribution in [0.15, 0.2) is 107 Å². The fraction of sp³-hybridized carbons (Fsp3) is 0.231. The van der Waals surface area contributed by atoms with Gasteiger partial charge in [0.1, 0.15) is 5.82 Å². The van der Waals surface area contributed by atoms with Crippen molar-refractivity contribution >= 4 is 85.5 Å². The van der Waals surface area contributed by atoms with E-state index in [-0.39, 0.29) is 40.4 Å². The van der Waals surface area contributed by atoms with E-state index in [2.05, 4.69) is 21.2 Å². The molecule has 0 bridgehead atoms. The normalized spacial score (nSPS) is 28.0. The number of nitrogens with one attached hydrogen (secondary N) is 1. The number of imide groups is 2. The van der Waals surface area contributed by atoms with E-state index >= 15 is 0 Å². The maximum atomic E-state index is 14.6. The number of carbonyl (C=O) groups excluding carboxylic acids is 4. The van der Waals surface area contributed by atoms with E-state index in [4.69, 9.17) is 27.9 Å². The minimum Gasteiger partial charge on any atom is -0.503 e. The van der Waals surface area contributed by atoms with Gasteiger partial charge in [0.25, 0.3) is 11.8 Å². The number of phenols is 1. The van der Waals surface area contributed by atoms with Gasteiger partial charge in [-0.25, -0.2) is 9.29 Å². The van der Waals surface area contributed by atoms with Crippen LogP contribution in [0.1, 0.15) is 24.3 Å². The molecule has 2 aliphatic heterocycles. The Kier molecular flexibility index (Phi) is 8.24. The van der Waals surface area contributed by atoms with Crippen LogP contribution in [0.3, 0.4) is 0 Å². The summed E-state index contributed by atoms with van der Waals surface area (Å²) >= 11 is 18.3. The topological polar surface area (TPSA) is 116 Å². The van der Waals surface area contributed by atoms with Crippen molar-refractivity contribution in [3.63, 3.8) is 0 Å². The van der Waals surface area contributed by atoms with Crippen molar-refractivity contribution < 1.29 is 33.4 Å². The molecule has 4 amide bonds. The van der Waals surface area contributed by atoms with Crippen molar-refractivity contribution in [1.29, 1.82) is 0 Å². The second-order valence-corrected chi connectivity index (χ2v) is 15.4. The van der Waals surface area contributed by atoms with Gasteiger partial charge in [0, 0.05) is 17.3 Å². The Labute approximate surface area is 316 Å². The Morgan fingerprint density at radius 2 is 1.48 bits per heavy atom. The van der Waals surface area contributed by atoms with Crippen LogP contribution in [0.2, 0.25) is 0 Å². The van der Waals surface area contributed by atoms with Crippen molar-refractivity contribution in [2.75, 3.05) is 22.2 Å². The third-order valence-electron chi connectivity index (χ3n) is 10.7. The number of halogens is 4. The maximum Gasteiger partial charge on any atom is 0.258 e. The molecule has 6 unspecified atom stereocenters. The molecule has 4 aromatic carbocycles. The van der Waals surface area contributed by atoms with Crippen molar-refractivity contribution in [1.82, 2.24) is 0 Å².